The fourth-order valence-electron chi connectivity index (χ4n) is 7.24. The summed E-state index contributed by atoms with van der Waals surface area (Å²) in [6.45, 7) is 0.285. The smallest absolute Gasteiger partial charge is 0.488 e. The molecule has 9 nitrogen and oxygen atoms in total. The lowest BCUT2D eigenvalue weighted by atomic mass is 9.59. The monoisotopic (exact) mass is 679 g/mol. The number of nitrogens with zero attached hydrogens (tertiary/aromatic N) is 1. The molecule has 3 N–H and O–H groups in total. The minimum Gasteiger partial charge on any atom is -0.507 e. The van der Waals surface area contributed by atoms with Crippen molar-refractivity contribution in [3.05, 3.63) is 117 Å². The largest absolute Gasteiger partial charge is 0.507 e. The molecule has 0 bridgehead atoms. The Kier molecular flexibility index (Phi) is 7.63. The van der Waals surface area contributed by atoms with E-state index in [0.29, 0.717) is 16.9 Å². The van der Waals surface area contributed by atoms with Crippen LogP contribution in [0.3, 0.4) is 0 Å². The summed E-state index contributed by atoms with van der Waals surface area (Å²) >= 11 is 3.22. The number of ketones is 2. The molecule has 1 heterocycles. The fourth-order valence-corrected chi connectivity index (χ4v) is 7.69. The van der Waals surface area contributed by atoms with Crippen LogP contribution in [0.25, 0.3) is 0 Å². The number of hydrogen-bond donors (Lipinski definition) is 3. The third kappa shape index (κ3) is 4.95. The molecule has 11 heteroatoms. The second-order valence-corrected chi connectivity index (χ2v) is 12.7. The molecule has 0 spiro atoms. The molecule has 3 aromatic rings. The van der Waals surface area contributed by atoms with Gasteiger partial charge >= 0.3 is 7.12 Å². The molecule has 0 saturated carbocycles. The normalized spacial score (nSPS) is 23.8. The summed E-state index contributed by atoms with van der Waals surface area (Å²) < 4.78 is 6.01. The van der Waals surface area contributed by atoms with Crippen LogP contribution >= 0.6 is 15.9 Å². The summed E-state index contributed by atoms with van der Waals surface area (Å²) in [7, 11) is -1.78. The second kappa shape index (κ2) is 11.7. The number of phenolic OH excluding ortho intramolecular Hbond substituents is 1. The number of carbonyl (C=O) groups is 4. The van der Waals surface area contributed by atoms with E-state index >= 15 is 0 Å². The van der Waals surface area contributed by atoms with E-state index in [1.165, 1.54) is 30.3 Å². The van der Waals surface area contributed by atoms with Gasteiger partial charge in [0.15, 0.2) is 11.6 Å². The lowest BCUT2D eigenvalue weighted by Crippen LogP contribution is -2.39. The summed E-state index contributed by atoms with van der Waals surface area (Å²) in [6.07, 6.45) is 3.41. The first-order chi connectivity index (χ1) is 22.1. The molecule has 1 saturated heterocycles. The van der Waals surface area contributed by atoms with Crippen LogP contribution in [0, 0.1) is 17.8 Å². The number of hydrogen-bond acceptors (Lipinski definition) is 8. The number of aromatic hydroxyl groups is 1. The van der Waals surface area contributed by atoms with Crippen molar-refractivity contribution in [3.63, 3.8) is 0 Å². The SMILES string of the molecule is O=C1C=C(Br)C(=O)C2=C1C(c1ccc(OCc3ccccc3)cc1O)C1=CCC3C(=O)N(c4cccc(B(O)O)c4)C(=O)C3C1C2. The third-order valence-corrected chi connectivity index (χ3v) is 9.91. The van der Waals surface area contributed by atoms with Gasteiger partial charge < -0.3 is 19.9 Å². The fraction of sp³-hybridized carbons (Fsp3) is 0.200. The van der Waals surface area contributed by atoms with Gasteiger partial charge in [-0.1, -0.05) is 60.2 Å². The highest BCUT2D eigenvalue weighted by Gasteiger charge is 2.57. The number of carbonyl (C=O) groups excluding carboxylic acids is 4. The maximum Gasteiger partial charge on any atom is 0.488 e. The van der Waals surface area contributed by atoms with Crippen molar-refractivity contribution in [1.82, 2.24) is 0 Å². The minimum atomic E-state index is -1.78. The minimum absolute atomic E-state index is 0.0770. The predicted octanol–water partition coefficient (Wildman–Crippen LogP) is 3.62. The molecule has 4 unspecified atom stereocenters. The van der Waals surface area contributed by atoms with E-state index in [1.807, 2.05) is 36.4 Å². The molecule has 4 atom stereocenters. The van der Waals surface area contributed by atoms with Crippen LogP contribution in [0.4, 0.5) is 5.69 Å². The van der Waals surface area contributed by atoms with E-state index in [0.717, 1.165) is 10.5 Å². The van der Waals surface area contributed by atoms with Crippen molar-refractivity contribution in [1.29, 1.82) is 0 Å². The highest BCUT2D eigenvalue weighted by atomic mass is 79.9. The molecule has 2 amide bonds. The molecule has 0 radical (unpaired) electrons. The summed E-state index contributed by atoms with van der Waals surface area (Å²) in [5.41, 5.74) is 2.89. The average Bonchev–Trinajstić information content (AvgIpc) is 3.31. The lowest BCUT2D eigenvalue weighted by molar-refractivity contribution is -0.123. The number of anilines is 1. The zero-order valence-electron chi connectivity index (χ0n) is 24.3. The van der Waals surface area contributed by atoms with Gasteiger partial charge in [-0.05, 0) is 63.9 Å². The maximum atomic E-state index is 14.1. The van der Waals surface area contributed by atoms with Crippen molar-refractivity contribution >= 4 is 57.6 Å². The van der Waals surface area contributed by atoms with Crippen molar-refractivity contribution < 1.29 is 39.1 Å². The number of amides is 2. The molecular weight excluding hydrogens is 653 g/mol. The van der Waals surface area contributed by atoms with Gasteiger partial charge in [0.2, 0.25) is 11.8 Å². The van der Waals surface area contributed by atoms with E-state index in [1.54, 1.807) is 18.2 Å². The number of ether oxygens (including phenoxy) is 1. The van der Waals surface area contributed by atoms with E-state index in [4.69, 9.17) is 4.74 Å². The molecule has 230 valence electrons. The first kappa shape index (κ1) is 30.1. The van der Waals surface area contributed by atoms with E-state index in [-0.39, 0.29) is 63.5 Å². The highest BCUT2D eigenvalue weighted by molar-refractivity contribution is 9.12. The van der Waals surface area contributed by atoms with Crippen LogP contribution in [0.2, 0.25) is 0 Å². The zero-order chi connectivity index (χ0) is 32.3. The van der Waals surface area contributed by atoms with Crippen molar-refractivity contribution in [2.45, 2.75) is 25.4 Å². The van der Waals surface area contributed by atoms with Crippen LogP contribution in [0.15, 0.2) is 106 Å². The van der Waals surface area contributed by atoms with Gasteiger partial charge in [0, 0.05) is 34.8 Å². The maximum absolute atomic E-state index is 14.1. The van der Waals surface area contributed by atoms with Crippen molar-refractivity contribution in [3.8, 4) is 11.5 Å². The molecular formula is C35H27BBrNO8. The number of allylic oxidation sites excluding steroid dienone is 6. The van der Waals surface area contributed by atoms with Gasteiger partial charge in [-0.15, -0.1) is 0 Å². The number of phenols is 1. The molecule has 7 rings (SSSR count). The summed E-state index contributed by atoms with van der Waals surface area (Å²) in [5.74, 6) is -4.28. The topological polar surface area (TPSA) is 141 Å². The Bertz CT molecular complexity index is 1920. The summed E-state index contributed by atoms with van der Waals surface area (Å²) in [4.78, 5) is 55.9. The van der Waals surface area contributed by atoms with E-state index in [2.05, 4.69) is 15.9 Å². The Hall–Kier alpha value is -4.58. The van der Waals surface area contributed by atoms with Gasteiger partial charge in [0.05, 0.1) is 22.0 Å². The van der Waals surface area contributed by atoms with Gasteiger partial charge in [0.1, 0.15) is 18.1 Å². The zero-order valence-corrected chi connectivity index (χ0v) is 25.9. The quantitative estimate of drug-likeness (QED) is 0.155. The Morgan fingerprint density at radius 2 is 1.70 bits per heavy atom. The molecule has 4 aliphatic rings. The summed E-state index contributed by atoms with van der Waals surface area (Å²) in [5, 5.41) is 30.7. The molecule has 1 fully saturated rings. The molecule has 46 heavy (non-hydrogen) atoms. The molecule has 3 aliphatic carbocycles. The van der Waals surface area contributed by atoms with Crippen LogP contribution in [0.5, 0.6) is 11.5 Å². The van der Waals surface area contributed by atoms with Gasteiger partial charge in [-0.3, -0.25) is 24.1 Å². The van der Waals surface area contributed by atoms with Crippen LogP contribution in [-0.4, -0.2) is 45.7 Å². The van der Waals surface area contributed by atoms with Crippen LogP contribution in [0.1, 0.15) is 29.9 Å². The first-order valence-corrected chi connectivity index (χ1v) is 15.7. The van der Waals surface area contributed by atoms with Crippen LogP contribution < -0.4 is 15.1 Å². The Balaban J connectivity index is 1.28. The number of benzene rings is 3. The van der Waals surface area contributed by atoms with E-state index < -0.39 is 42.6 Å². The molecule has 3 aromatic carbocycles. The molecule has 1 aliphatic heterocycles. The lowest BCUT2D eigenvalue weighted by Gasteiger charge is -2.42. The predicted molar refractivity (Wildman–Crippen MR) is 172 cm³/mol. The van der Waals surface area contributed by atoms with Gasteiger partial charge in [0.25, 0.3) is 0 Å². The van der Waals surface area contributed by atoms with E-state index in [9.17, 15) is 34.3 Å². The number of fused-ring (bicyclic) bond motifs is 3. The Labute approximate surface area is 272 Å². The van der Waals surface area contributed by atoms with Crippen molar-refractivity contribution in [2.75, 3.05) is 4.90 Å². The number of halogens is 1. The number of rotatable bonds is 6. The highest BCUT2D eigenvalue weighted by Crippen LogP contribution is 2.56. The number of Topliss-reactive ketones (excluding diaryl/α,β-unsaturated/α-hetero) is 1. The standard InChI is InChI=1S/C35H27BBrNO8/c37-27-16-29(40)32-26(33(27)41)15-25-22(30(32)23-10-9-21(14-28(23)39)46-17-18-5-2-1-3-6-18)11-12-24-31(25)35(43)38(34(24)42)20-8-4-7-19(13-20)36(44)45/h1-11,13-14,16,24-25,30-31,39,44-45H,12,15,17H2. The average molecular weight is 680 g/mol. The molecule has 0 aromatic heterocycles. The van der Waals surface area contributed by atoms with Gasteiger partial charge in [-0.25, -0.2) is 0 Å². The first-order valence-electron chi connectivity index (χ1n) is 14.9. The third-order valence-electron chi connectivity index (χ3n) is 9.32. The Morgan fingerprint density at radius 3 is 2.43 bits per heavy atom. The van der Waals surface area contributed by atoms with Crippen molar-refractivity contribution in [2.24, 2.45) is 17.8 Å². The van der Waals surface area contributed by atoms with Crippen LogP contribution in [-0.2, 0) is 25.8 Å². The summed E-state index contributed by atoms with van der Waals surface area (Å²) in [6, 6.07) is 20.4. The second-order valence-electron chi connectivity index (χ2n) is 11.9. The van der Waals surface area contributed by atoms with Gasteiger partial charge in [-0.2, -0.15) is 0 Å². The number of imide groups is 1. The Morgan fingerprint density at radius 1 is 0.913 bits per heavy atom.